The molecule has 0 bridgehead atoms. The van der Waals surface area contributed by atoms with Crippen LogP contribution < -0.4 is 0 Å². The average Bonchev–Trinajstić information content (AvgIpc) is 2.31. The van der Waals surface area contributed by atoms with E-state index in [1.54, 1.807) is 0 Å². The van der Waals surface area contributed by atoms with Crippen molar-refractivity contribution in [3.63, 3.8) is 0 Å². The van der Waals surface area contributed by atoms with Crippen LogP contribution in [0.25, 0.3) is 0 Å². The number of hydrogen-bond acceptors (Lipinski definition) is 3. The Bertz CT molecular complexity index is 165. The highest BCUT2D eigenvalue weighted by atomic mass is 16.3. The molecule has 0 unspecified atom stereocenters. The second kappa shape index (κ2) is 9.82. The van der Waals surface area contributed by atoms with Crippen LogP contribution >= 0.6 is 0 Å². The highest BCUT2D eigenvalue weighted by molar-refractivity contribution is 4.85. The lowest BCUT2D eigenvalue weighted by molar-refractivity contribution is 0.0216. The first-order valence-corrected chi connectivity index (χ1v) is 6.36. The van der Waals surface area contributed by atoms with E-state index < -0.39 is 12.2 Å². The lowest BCUT2D eigenvalue weighted by Crippen LogP contribution is -2.39. The standard InChI is InChI=1S/C13H27NO2/c1-4-7-9-14(10-8-5-2)11-13(16)12(15)6-3/h6,12-13,15-16H,3-5,7-11H2,1-2H3/t12-,13-/m1/s1. The van der Waals surface area contributed by atoms with E-state index in [1.165, 1.54) is 6.08 Å². The molecule has 16 heavy (non-hydrogen) atoms. The first-order valence-electron chi connectivity index (χ1n) is 6.36. The average molecular weight is 229 g/mol. The van der Waals surface area contributed by atoms with Crippen LogP contribution in [0, 0.1) is 0 Å². The van der Waals surface area contributed by atoms with Gasteiger partial charge in [0.1, 0.15) is 0 Å². The van der Waals surface area contributed by atoms with Gasteiger partial charge in [0.05, 0.1) is 12.2 Å². The maximum atomic E-state index is 9.72. The van der Waals surface area contributed by atoms with Crippen molar-refractivity contribution >= 4 is 0 Å². The molecular formula is C13H27NO2. The summed E-state index contributed by atoms with van der Waals surface area (Å²) in [5, 5.41) is 19.2. The molecule has 2 N–H and O–H groups in total. The van der Waals surface area contributed by atoms with E-state index >= 15 is 0 Å². The zero-order valence-electron chi connectivity index (χ0n) is 10.7. The van der Waals surface area contributed by atoms with Gasteiger partial charge < -0.3 is 15.1 Å². The first kappa shape index (κ1) is 15.6. The Kier molecular flexibility index (Phi) is 9.59. The molecule has 3 heteroatoms. The van der Waals surface area contributed by atoms with Gasteiger partial charge in [0.2, 0.25) is 0 Å². The zero-order valence-corrected chi connectivity index (χ0v) is 10.7. The fraction of sp³-hybridized carbons (Fsp3) is 0.846. The summed E-state index contributed by atoms with van der Waals surface area (Å²) < 4.78 is 0. The minimum atomic E-state index is -0.814. The minimum Gasteiger partial charge on any atom is -0.389 e. The molecule has 0 heterocycles. The normalized spacial score (nSPS) is 15.1. The smallest absolute Gasteiger partial charge is 0.0989 e. The van der Waals surface area contributed by atoms with Crippen molar-refractivity contribution in [1.82, 2.24) is 4.90 Å². The van der Waals surface area contributed by atoms with Crippen LogP contribution in [0.1, 0.15) is 39.5 Å². The van der Waals surface area contributed by atoms with Gasteiger partial charge in [-0.05, 0) is 25.9 Å². The molecule has 96 valence electrons. The summed E-state index contributed by atoms with van der Waals surface area (Å²) in [4.78, 5) is 2.23. The van der Waals surface area contributed by atoms with E-state index in [0.717, 1.165) is 38.8 Å². The molecule has 0 aromatic carbocycles. The molecule has 0 amide bonds. The number of aliphatic hydroxyl groups is 2. The van der Waals surface area contributed by atoms with Crippen molar-refractivity contribution in [2.75, 3.05) is 19.6 Å². The van der Waals surface area contributed by atoms with Crippen molar-refractivity contribution in [3.8, 4) is 0 Å². The van der Waals surface area contributed by atoms with Crippen LogP contribution in [0.4, 0.5) is 0 Å². The monoisotopic (exact) mass is 229 g/mol. The SMILES string of the molecule is C=C[C@@H](O)[C@H](O)CN(CCCC)CCCC. The summed E-state index contributed by atoms with van der Waals surface area (Å²) in [6.45, 7) is 10.3. The van der Waals surface area contributed by atoms with Gasteiger partial charge in [-0.25, -0.2) is 0 Å². The van der Waals surface area contributed by atoms with Crippen molar-refractivity contribution in [2.24, 2.45) is 0 Å². The highest BCUT2D eigenvalue weighted by Crippen LogP contribution is 2.03. The number of rotatable bonds is 10. The van der Waals surface area contributed by atoms with Gasteiger partial charge in [-0.1, -0.05) is 32.8 Å². The number of hydrogen-bond donors (Lipinski definition) is 2. The second-order valence-electron chi connectivity index (χ2n) is 4.30. The van der Waals surface area contributed by atoms with Gasteiger partial charge in [-0.3, -0.25) is 0 Å². The van der Waals surface area contributed by atoms with E-state index in [-0.39, 0.29) is 0 Å². The van der Waals surface area contributed by atoms with Crippen LogP contribution in [0.3, 0.4) is 0 Å². The Hall–Kier alpha value is -0.380. The molecule has 0 aromatic heterocycles. The van der Waals surface area contributed by atoms with Crippen LogP contribution in [-0.4, -0.2) is 47.0 Å². The molecule has 0 radical (unpaired) electrons. The Balaban J connectivity index is 4.01. The maximum absolute atomic E-state index is 9.72. The summed E-state index contributed by atoms with van der Waals surface area (Å²) in [6.07, 6.45) is 4.45. The number of unbranched alkanes of at least 4 members (excludes halogenated alkanes) is 2. The maximum Gasteiger partial charge on any atom is 0.0989 e. The molecule has 2 atom stereocenters. The van der Waals surface area contributed by atoms with Crippen LogP contribution in [0.5, 0.6) is 0 Å². The third kappa shape index (κ3) is 6.99. The molecule has 0 spiro atoms. The van der Waals surface area contributed by atoms with E-state index in [4.69, 9.17) is 0 Å². The van der Waals surface area contributed by atoms with Gasteiger partial charge in [0.15, 0.2) is 0 Å². The molecule has 0 aliphatic heterocycles. The molecule has 0 rings (SSSR count). The molecule has 0 aromatic rings. The van der Waals surface area contributed by atoms with E-state index in [2.05, 4.69) is 25.3 Å². The lowest BCUT2D eigenvalue weighted by atomic mass is 10.1. The highest BCUT2D eigenvalue weighted by Gasteiger charge is 2.16. The predicted molar refractivity (Wildman–Crippen MR) is 68.5 cm³/mol. The number of nitrogens with zero attached hydrogens (tertiary/aromatic N) is 1. The Morgan fingerprint density at radius 1 is 1.12 bits per heavy atom. The summed E-state index contributed by atoms with van der Waals surface area (Å²) in [7, 11) is 0. The molecule has 0 fully saturated rings. The second-order valence-corrected chi connectivity index (χ2v) is 4.30. The van der Waals surface area contributed by atoms with Gasteiger partial charge in [-0.2, -0.15) is 0 Å². The summed E-state index contributed by atoms with van der Waals surface area (Å²) >= 11 is 0. The van der Waals surface area contributed by atoms with Gasteiger partial charge >= 0.3 is 0 Å². The summed E-state index contributed by atoms with van der Waals surface area (Å²) in [5.74, 6) is 0. The molecule has 0 aliphatic rings. The van der Waals surface area contributed by atoms with Crippen LogP contribution in [0.15, 0.2) is 12.7 Å². The summed E-state index contributed by atoms with van der Waals surface area (Å²) in [5.41, 5.74) is 0. The largest absolute Gasteiger partial charge is 0.389 e. The summed E-state index contributed by atoms with van der Waals surface area (Å²) in [6, 6.07) is 0. The lowest BCUT2D eigenvalue weighted by Gasteiger charge is -2.26. The predicted octanol–water partition coefficient (Wildman–Crippen LogP) is 1.80. The third-order valence-electron chi connectivity index (χ3n) is 2.74. The third-order valence-corrected chi connectivity index (χ3v) is 2.74. The Labute approximate surface area is 99.8 Å². The van der Waals surface area contributed by atoms with E-state index in [0.29, 0.717) is 6.54 Å². The molecule has 0 aliphatic carbocycles. The molecular weight excluding hydrogens is 202 g/mol. The molecule has 0 saturated carbocycles. The van der Waals surface area contributed by atoms with Gasteiger partial charge in [0, 0.05) is 6.54 Å². The van der Waals surface area contributed by atoms with Crippen LogP contribution in [-0.2, 0) is 0 Å². The van der Waals surface area contributed by atoms with E-state index in [1.807, 2.05) is 0 Å². The van der Waals surface area contributed by atoms with Crippen molar-refractivity contribution in [2.45, 2.75) is 51.7 Å². The Morgan fingerprint density at radius 2 is 1.62 bits per heavy atom. The van der Waals surface area contributed by atoms with Crippen LogP contribution in [0.2, 0.25) is 0 Å². The van der Waals surface area contributed by atoms with Crippen molar-refractivity contribution < 1.29 is 10.2 Å². The topological polar surface area (TPSA) is 43.7 Å². The fourth-order valence-corrected chi connectivity index (χ4v) is 1.59. The van der Waals surface area contributed by atoms with Gasteiger partial charge in [0.25, 0.3) is 0 Å². The van der Waals surface area contributed by atoms with E-state index in [9.17, 15) is 10.2 Å². The van der Waals surface area contributed by atoms with Gasteiger partial charge in [-0.15, -0.1) is 6.58 Å². The first-order chi connectivity index (χ1) is 7.65. The fourth-order valence-electron chi connectivity index (χ4n) is 1.59. The zero-order chi connectivity index (χ0) is 12.4. The Morgan fingerprint density at radius 3 is 2.00 bits per heavy atom. The number of aliphatic hydroxyl groups excluding tert-OH is 2. The molecule has 3 nitrogen and oxygen atoms in total. The van der Waals surface area contributed by atoms with Crippen molar-refractivity contribution in [1.29, 1.82) is 0 Å². The quantitative estimate of drug-likeness (QED) is 0.561. The van der Waals surface area contributed by atoms with Crippen molar-refractivity contribution in [3.05, 3.63) is 12.7 Å². The molecule has 0 saturated heterocycles. The minimum absolute atomic E-state index is 0.535.